The third-order valence-electron chi connectivity index (χ3n) is 5.35. The highest BCUT2D eigenvalue weighted by Crippen LogP contribution is 2.35. The van der Waals surface area contributed by atoms with Crippen molar-refractivity contribution in [3.63, 3.8) is 0 Å². The second-order valence-corrected chi connectivity index (χ2v) is 8.85. The number of carbonyl (C=O) groups excluding carboxylic acids is 1. The third-order valence-corrected chi connectivity index (χ3v) is 7.22. The van der Waals surface area contributed by atoms with Crippen molar-refractivity contribution in [3.8, 4) is 11.5 Å². The lowest BCUT2D eigenvalue weighted by molar-refractivity contribution is 0.0601. The fourth-order valence-electron chi connectivity index (χ4n) is 3.76. The summed E-state index contributed by atoms with van der Waals surface area (Å²) >= 11 is 0. The maximum Gasteiger partial charge on any atom is 0.337 e. The number of nitrogens with zero attached hydrogens (tertiary/aromatic N) is 1. The lowest BCUT2D eigenvalue weighted by Crippen LogP contribution is -2.36. The van der Waals surface area contributed by atoms with E-state index in [9.17, 15) is 13.2 Å². The number of aromatic amines is 1. The number of sulfonamides is 1. The molecule has 3 aromatic rings. The van der Waals surface area contributed by atoms with Crippen LogP contribution in [0.4, 0.5) is 0 Å². The van der Waals surface area contributed by atoms with Gasteiger partial charge in [-0.3, -0.25) is 0 Å². The first-order chi connectivity index (χ1) is 14.4. The first-order valence-electron chi connectivity index (χ1n) is 9.33. The minimum absolute atomic E-state index is 0.0582. The summed E-state index contributed by atoms with van der Waals surface area (Å²) in [6, 6.07) is 9.93. The van der Waals surface area contributed by atoms with Gasteiger partial charge in [0.05, 0.1) is 26.9 Å². The number of H-pyrrole nitrogens is 1. The molecule has 0 spiro atoms. The largest absolute Gasteiger partial charge is 0.497 e. The van der Waals surface area contributed by atoms with E-state index in [1.165, 1.54) is 31.7 Å². The molecule has 0 radical (unpaired) electrons. The number of methoxy groups -OCH3 is 3. The van der Waals surface area contributed by atoms with Gasteiger partial charge in [-0.25, -0.2) is 13.2 Å². The summed E-state index contributed by atoms with van der Waals surface area (Å²) in [6.45, 7) is 0.509. The van der Waals surface area contributed by atoms with Gasteiger partial charge in [0.2, 0.25) is 10.0 Å². The average molecular weight is 430 g/mol. The summed E-state index contributed by atoms with van der Waals surface area (Å²) in [5.74, 6) is 0.253. The summed E-state index contributed by atoms with van der Waals surface area (Å²) in [4.78, 5) is 15.3. The topological polar surface area (TPSA) is 97.9 Å². The Morgan fingerprint density at radius 3 is 2.57 bits per heavy atom. The number of fused-ring (bicyclic) bond motifs is 3. The molecule has 0 bridgehead atoms. The first-order valence-corrected chi connectivity index (χ1v) is 10.8. The number of benzene rings is 2. The molecule has 4 rings (SSSR count). The molecule has 9 heteroatoms. The van der Waals surface area contributed by atoms with Crippen LogP contribution in [0, 0.1) is 0 Å². The third kappa shape index (κ3) is 3.29. The fourth-order valence-corrected chi connectivity index (χ4v) is 5.34. The van der Waals surface area contributed by atoms with Crippen molar-refractivity contribution in [2.45, 2.75) is 17.9 Å². The van der Waals surface area contributed by atoms with E-state index >= 15 is 0 Å². The van der Waals surface area contributed by atoms with E-state index in [1.54, 1.807) is 24.3 Å². The summed E-state index contributed by atoms with van der Waals surface area (Å²) in [5, 5.41) is 0.811. The molecule has 0 amide bonds. The van der Waals surface area contributed by atoms with Crippen LogP contribution in [-0.2, 0) is 27.7 Å². The highest BCUT2D eigenvalue weighted by atomic mass is 32.2. The summed E-state index contributed by atoms with van der Waals surface area (Å²) < 4.78 is 43.6. The van der Waals surface area contributed by atoms with Crippen LogP contribution in [0.25, 0.3) is 10.9 Å². The van der Waals surface area contributed by atoms with Crippen LogP contribution in [-0.4, -0.2) is 51.6 Å². The molecule has 2 heterocycles. The van der Waals surface area contributed by atoms with Crippen LogP contribution in [0.2, 0.25) is 0 Å². The summed E-state index contributed by atoms with van der Waals surface area (Å²) in [5.41, 5.74) is 3.09. The Morgan fingerprint density at radius 2 is 1.87 bits per heavy atom. The predicted molar refractivity (Wildman–Crippen MR) is 110 cm³/mol. The van der Waals surface area contributed by atoms with Crippen molar-refractivity contribution in [1.82, 2.24) is 9.29 Å². The molecule has 0 saturated carbocycles. The van der Waals surface area contributed by atoms with E-state index in [0.717, 1.165) is 22.2 Å². The number of esters is 1. The van der Waals surface area contributed by atoms with Gasteiger partial charge in [0, 0.05) is 42.2 Å². The Hall–Kier alpha value is -3.04. The molecule has 1 aliphatic rings. The zero-order valence-electron chi connectivity index (χ0n) is 16.9. The van der Waals surface area contributed by atoms with E-state index in [1.807, 2.05) is 6.07 Å². The second kappa shape index (κ2) is 7.66. The van der Waals surface area contributed by atoms with Crippen molar-refractivity contribution >= 4 is 26.9 Å². The lowest BCUT2D eigenvalue weighted by atomic mass is 10.0. The van der Waals surface area contributed by atoms with Crippen LogP contribution in [0.15, 0.2) is 41.3 Å². The summed E-state index contributed by atoms with van der Waals surface area (Å²) in [7, 11) is 0.409. The SMILES string of the molecule is COC(=O)c1ccc2[nH]c3c(c2c1)CN(S(=O)(=O)c1cc(OC)ccc1OC)CC3. The molecule has 0 unspecified atom stereocenters. The number of rotatable bonds is 5. The maximum absolute atomic E-state index is 13.4. The fraction of sp³-hybridized carbons (Fsp3) is 0.286. The van der Waals surface area contributed by atoms with E-state index in [4.69, 9.17) is 14.2 Å². The number of ether oxygens (including phenoxy) is 3. The minimum Gasteiger partial charge on any atom is -0.497 e. The van der Waals surface area contributed by atoms with Gasteiger partial charge in [0.15, 0.2) is 0 Å². The molecular weight excluding hydrogens is 408 g/mol. The number of nitrogens with one attached hydrogen (secondary N) is 1. The second-order valence-electron chi connectivity index (χ2n) is 6.94. The van der Waals surface area contributed by atoms with E-state index in [-0.39, 0.29) is 17.2 Å². The van der Waals surface area contributed by atoms with Crippen molar-refractivity contribution < 1.29 is 27.4 Å². The van der Waals surface area contributed by atoms with Gasteiger partial charge in [-0.05, 0) is 35.9 Å². The number of carbonyl (C=O) groups is 1. The molecule has 158 valence electrons. The van der Waals surface area contributed by atoms with Crippen LogP contribution < -0.4 is 9.47 Å². The molecule has 0 fully saturated rings. The standard InChI is InChI=1S/C21H22N2O6S/c1-27-14-5-7-19(28-2)20(11-14)30(25,26)23-9-8-18-16(12-23)15-10-13(21(24)29-3)4-6-17(15)22-18/h4-7,10-11,22H,8-9,12H2,1-3H3. The average Bonchev–Trinajstić information content (AvgIpc) is 3.15. The molecule has 0 saturated heterocycles. The molecule has 1 aromatic heterocycles. The van der Waals surface area contributed by atoms with Crippen LogP contribution in [0.5, 0.6) is 11.5 Å². The molecule has 30 heavy (non-hydrogen) atoms. The van der Waals surface area contributed by atoms with Crippen molar-refractivity contribution in [2.24, 2.45) is 0 Å². The lowest BCUT2D eigenvalue weighted by Gasteiger charge is -2.27. The first kappa shape index (κ1) is 20.2. The summed E-state index contributed by atoms with van der Waals surface area (Å²) in [6.07, 6.45) is 0.531. The Labute approximate surface area is 174 Å². The van der Waals surface area contributed by atoms with Gasteiger partial charge in [0.25, 0.3) is 0 Å². The predicted octanol–water partition coefficient (Wildman–Crippen LogP) is 2.72. The molecular formula is C21H22N2O6S. The van der Waals surface area contributed by atoms with Gasteiger partial charge in [0.1, 0.15) is 16.4 Å². The van der Waals surface area contributed by atoms with Crippen LogP contribution in [0.1, 0.15) is 21.6 Å². The van der Waals surface area contributed by atoms with Crippen LogP contribution >= 0.6 is 0 Å². The molecule has 1 aliphatic heterocycles. The van der Waals surface area contributed by atoms with E-state index in [0.29, 0.717) is 24.3 Å². The van der Waals surface area contributed by atoms with E-state index < -0.39 is 16.0 Å². The molecule has 0 atom stereocenters. The molecule has 0 aliphatic carbocycles. The monoisotopic (exact) mass is 430 g/mol. The normalized spacial score (nSPS) is 14.4. The Bertz CT molecular complexity index is 1230. The minimum atomic E-state index is -3.83. The van der Waals surface area contributed by atoms with Gasteiger partial charge >= 0.3 is 5.97 Å². The van der Waals surface area contributed by atoms with E-state index in [2.05, 4.69) is 4.98 Å². The Kier molecular flexibility index (Phi) is 5.17. The van der Waals surface area contributed by atoms with Crippen molar-refractivity contribution in [3.05, 3.63) is 53.2 Å². The van der Waals surface area contributed by atoms with Crippen LogP contribution in [0.3, 0.4) is 0 Å². The number of hydrogen-bond donors (Lipinski definition) is 1. The molecule has 1 N–H and O–H groups in total. The zero-order valence-corrected chi connectivity index (χ0v) is 17.7. The maximum atomic E-state index is 13.4. The highest BCUT2D eigenvalue weighted by molar-refractivity contribution is 7.89. The molecule has 2 aromatic carbocycles. The van der Waals surface area contributed by atoms with Crippen molar-refractivity contribution in [2.75, 3.05) is 27.9 Å². The van der Waals surface area contributed by atoms with Gasteiger partial charge in [-0.1, -0.05) is 0 Å². The Balaban J connectivity index is 1.76. The quantitative estimate of drug-likeness (QED) is 0.625. The highest BCUT2D eigenvalue weighted by Gasteiger charge is 2.33. The Morgan fingerprint density at radius 1 is 1.07 bits per heavy atom. The smallest absolute Gasteiger partial charge is 0.337 e. The number of hydrogen-bond acceptors (Lipinski definition) is 6. The van der Waals surface area contributed by atoms with Gasteiger partial charge in [-0.15, -0.1) is 0 Å². The molecule has 8 nitrogen and oxygen atoms in total. The van der Waals surface area contributed by atoms with Crippen molar-refractivity contribution in [1.29, 1.82) is 0 Å². The zero-order chi connectivity index (χ0) is 21.5. The van der Waals surface area contributed by atoms with Gasteiger partial charge in [-0.2, -0.15) is 4.31 Å². The van der Waals surface area contributed by atoms with Gasteiger partial charge < -0.3 is 19.2 Å². The number of aromatic nitrogens is 1.